The minimum absolute atomic E-state index is 0.283. The molecule has 1 atom stereocenters. The van der Waals surface area contributed by atoms with Crippen molar-refractivity contribution in [1.29, 1.82) is 0 Å². The van der Waals surface area contributed by atoms with Crippen molar-refractivity contribution in [2.75, 3.05) is 6.54 Å². The largest absolute Gasteiger partial charge is 0.284 e. The Bertz CT molecular complexity index is 990. The zero-order valence-corrected chi connectivity index (χ0v) is 15.7. The molecular weight excluding hydrogens is 362 g/mol. The van der Waals surface area contributed by atoms with Gasteiger partial charge in [-0.25, -0.2) is 0 Å². The van der Waals surface area contributed by atoms with Gasteiger partial charge in [0.2, 0.25) is 0 Å². The Morgan fingerprint density at radius 2 is 1.92 bits per heavy atom. The minimum Gasteiger partial charge on any atom is -0.284 e. The van der Waals surface area contributed by atoms with Crippen LogP contribution < -0.4 is 0 Å². The number of tetrazole rings is 1. The van der Waals surface area contributed by atoms with E-state index in [9.17, 15) is 0 Å². The summed E-state index contributed by atoms with van der Waals surface area (Å²) in [5.74, 6) is 0.872. The fraction of sp³-hybridized carbons (Fsp3) is 0.211. The lowest BCUT2D eigenvalue weighted by Crippen LogP contribution is -2.35. The zero-order valence-electron chi connectivity index (χ0n) is 14.0. The van der Waals surface area contributed by atoms with Crippen LogP contribution in [0.5, 0.6) is 0 Å². The van der Waals surface area contributed by atoms with Gasteiger partial charge in [0.25, 0.3) is 0 Å². The van der Waals surface area contributed by atoms with E-state index in [1.165, 1.54) is 15.3 Å². The Hall–Kier alpha value is -2.35. The van der Waals surface area contributed by atoms with Crippen molar-refractivity contribution in [3.05, 3.63) is 80.4 Å². The first-order valence-corrected chi connectivity index (χ1v) is 10.3. The van der Waals surface area contributed by atoms with E-state index in [2.05, 4.69) is 49.4 Å². The lowest BCUT2D eigenvalue weighted by molar-refractivity contribution is 0.202. The third-order valence-electron chi connectivity index (χ3n) is 4.76. The van der Waals surface area contributed by atoms with Crippen LogP contribution in [0.15, 0.2) is 59.3 Å². The molecule has 0 spiro atoms. The van der Waals surface area contributed by atoms with Gasteiger partial charge < -0.3 is 0 Å². The summed E-state index contributed by atoms with van der Waals surface area (Å²) in [6.07, 6.45) is 1.09. The quantitative estimate of drug-likeness (QED) is 0.539. The molecule has 0 fully saturated rings. The number of rotatable bonds is 4. The molecule has 0 aliphatic carbocycles. The molecule has 0 saturated carbocycles. The number of fused-ring (bicyclic) bond motifs is 1. The maximum absolute atomic E-state index is 4.31. The van der Waals surface area contributed by atoms with E-state index in [-0.39, 0.29) is 6.04 Å². The third-order valence-corrected chi connectivity index (χ3v) is 6.68. The van der Waals surface area contributed by atoms with Crippen LogP contribution in [-0.2, 0) is 13.0 Å². The summed E-state index contributed by atoms with van der Waals surface area (Å²) in [5.41, 5.74) is 2.43. The fourth-order valence-electron chi connectivity index (χ4n) is 3.57. The summed E-state index contributed by atoms with van der Waals surface area (Å²) in [5, 5.41) is 16.8. The smallest absolute Gasteiger partial charge is 0.170 e. The molecule has 4 heterocycles. The number of benzene rings is 1. The molecule has 5 nitrogen and oxygen atoms in total. The van der Waals surface area contributed by atoms with Crippen LogP contribution in [0, 0.1) is 0 Å². The second-order valence-electron chi connectivity index (χ2n) is 6.28. The second-order valence-corrected chi connectivity index (χ2v) is 8.26. The Morgan fingerprint density at radius 1 is 1.00 bits per heavy atom. The average Bonchev–Trinajstić information content (AvgIpc) is 3.44. The van der Waals surface area contributed by atoms with Gasteiger partial charge in [0.05, 0.1) is 18.3 Å². The predicted molar refractivity (Wildman–Crippen MR) is 104 cm³/mol. The van der Waals surface area contributed by atoms with E-state index in [4.69, 9.17) is 0 Å². The molecule has 0 bridgehead atoms. The molecule has 3 aromatic heterocycles. The van der Waals surface area contributed by atoms with Crippen molar-refractivity contribution in [3.63, 3.8) is 0 Å². The number of hydrogen-bond acceptors (Lipinski definition) is 6. The summed E-state index contributed by atoms with van der Waals surface area (Å²) in [4.78, 5) is 5.37. The first-order chi connectivity index (χ1) is 12.9. The van der Waals surface area contributed by atoms with Gasteiger partial charge >= 0.3 is 0 Å². The SMILES string of the molecule is c1ccc(-n2nnnc2CN2CCc3sccc3[C@H]2c2cccs2)cc1. The molecule has 0 N–H and O–H groups in total. The van der Waals surface area contributed by atoms with Crippen LogP contribution in [0.1, 0.15) is 27.2 Å². The van der Waals surface area contributed by atoms with Gasteiger partial charge in [-0.05, 0) is 57.4 Å². The second kappa shape index (κ2) is 6.75. The topological polar surface area (TPSA) is 46.8 Å². The Kier molecular flexibility index (Phi) is 4.12. The highest BCUT2D eigenvalue weighted by atomic mass is 32.1. The lowest BCUT2D eigenvalue weighted by Gasteiger charge is -2.34. The van der Waals surface area contributed by atoms with Crippen molar-refractivity contribution in [3.8, 4) is 5.69 Å². The molecule has 4 aromatic rings. The normalized spacial score (nSPS) is 17.3. The average molecular weight is 380 g/mol. The highest BCUT2D eigenvalue weighted by molar-refractivity contribution is 7.10. The van der Waals surface area contributed by atoms with Crippen molar-refractivity contribution >= 4 is 22.7 Å². The number of nitrogens with zero attached hydrogens (tertiary/aromatic N) is 5. The highest BCUT2D eigenvalue weighted by Crippen LogP contribution is 2.40. The molecular formula is C19H17N5S2. The molecule has 5 rings (SSSR count). The molecule has 0 saturated heterocycles. The molecule has 26 heavy (non-hydrogen) atoms. The summed E-state index contributed by atoms with van der Waals surface area (Å²) in [6, 6.07) is 17.0. The van der Waals surface area contributed by atoms with Crippen LogP contribution in [0.4, 0.5) is 0 Å². The number of hydrogen-bond donors (Lipinski definition) is 0. The van der Waals surface area contributed by atoms with E-state index in [0.29, 0.717) is 0 Å². The van der Waals surface area contributed by atoms with Crippen LogP contribution in [0.3, 0.4) is 0 Å². The zero-order chi connectivity index (χ0) is 17.3. The van der Waals surface area contributed by atoms with E-state index in [1.807, 2.05) is 57.7 Å². The van der Waals surface area contributed by atoms with Gasteiger partial charge in [-0.3, -0.25) is 4.90 Å². The summed E-state index contributed by atoms with van der Waals surface area (Å²) in [7, 11) is 0. The van der Waals surface area contributed by atoms with E-state index in [1.54, 1.807) is 0 Å². The molecule has 1 aliphatic rings. The first kappa shape index (κ1) is 15.9. The molecule has 0 radical (unpaired) electrons. The van der Waals surface area contributed by atoms with Crippen LogP contribution >= 0.6 is 22.7 Å². The van der Waals surface area contributed by atoms with Crippen molar-refractivity contribution in [1.82, 2.24) is 25.1 Å². The number of thiophene rings is 2. The molecule has 0 amide bonds. The van der Waals surface area contributed by atoms with Crippen molar-refractivity contribution < 1.29 is 0 Å². The number of para-hydroxylation sites is 1. The Labute approximate surface area is 159 Å². The van der Waals surface area contributed by atoms with Crippen LogP contribution in [0.25, 0.3) is 5.69 Å². The summed E-state index contributed by atoms with van der Waals surface area (Å²) in [6.45, 7) is 1.73. The molecule has 0 unspecified atom stereocenters. The van der Waals surface area contributed by atoms with Crippen molar-refractivity contribution in [2.24, 2.45) is 0 Å². The molecule has 130 valence electrons. The standard InChI is InChI=1S/C19H17N5S2/c1-2-5-14(6-3-1)24-18(20-21-22-24)13-23-10-8-16-15(9-12-26-16)19(23)17-7-4-11-25-17/h1-7,9,11-12,19H,8,10,13H2/t19-/m0/s1. The van der Waals surface area contributed by atoms with Crippen LogP contribution in [-0.4, -0.2) is 31.7 Å². The third kappa shape index (κ3) is 2.78. The molecule has 1 aliphatic heterocycles. The summed E-state index contributed by atoms with van der Waals surface area (Å²) < 4.78 is 1.84. The molecule has 1 aromatic carbocycles. The van der Waals surface area contributed by atoms with Crippen LogP contribution in [0.2, 0.25) is 0 Å². The van der Waals surface area contributed by atoms with Gasteiger partial charge in [0.15, 0.2) is 5.82 Å². The van der Waals surface area contributed by atoms with Gasteiger partial charge in [0, 0.05) is 16.3 Å². The van der Waals surface area contributed by atoms with Gasteiger partial charge in [-0.1, -0.05) is 24.3 Å². The van der Waals surface area contributed by atoms with Gasteiger partial charge in [-0.2, -0.15) is 4.68 Å². The highest BCUT2D eigenvalue weighted by Gasteiger charge is 2.31. The lowest BCUT2D eigenvalue weighted by atomic mass is 9.98. The first-order valence-electron chi connectivity index (χ1n) is 8.56. The van der Waals surface area contributed by atoms with Crippen molar-refractivity contribution in [2.45, 2.75) is 19.0 Å². The Balaban J connectivity index is 1.50. The van der Waals surface area contributed by atoms with E-state index < -0.39 is 0 Å². The van der Waals surface area contributed by atoms with Gasteiger partial charge in [0.1, 0.15) is 0 Å². The van der Waals surface area contributed by atoms with E-state index >= 15 is 0 Å². The summed E-state index contributed by atoms with van der Waals surface area (Å²) >= 11 is 3.69. The number of aromatic nitrogens is 4. The fourth-order valence-corrected chi connectivity index (χ4v) is 5.35. The maximum Gasteiger partial charge on any atom is 0.170 e. The maximum atomic E-state index is 4.31. The van der Waals surface area contributed by atoms with Gasteiger partial charge in [-0.15, -0.1) is 27.8 Å². The van der Waals surface area contributed by atoms with E-state index in [0.717, 1.165) is 31.0 Å². The molecule has 7 heteroatoms. The predicted octanol–water partition coefficient (Wildman–Crippen LogP) is 3.93. The minimum atomic E-state index is 0.283. The monoisotopic (exact) mass is 379 g/mol. The Morgan fingerprint density at radius 3 is 2.77 bits per heavy atom.